The first-order valence-corrected chi connectivity index (χ1v) is 13.9. The van der Waals surface area contributed by atoms with Crippen LogP contribution in [0.15, 0.2) is 69.0 Å². The second-order valence-corrected chi connectivity index (χ2v) is 10.2. The van der Waals surface area contributed by atoms with Crippen molar-refractivity contribution in [2.75, 3.05) is 19.8 Å². The van der Waals surface area contributed by atoms with E-state index in [2.05, 4.69) is 34.9 Å². The number of carbonyl (C=O) groups is 1. The zero-order chi connectivity index (χ0) is 28.8. The van der Waals surface area contributed by atoms with E-state index in [4.69, 9.17) is 19.2 Å². The molecule has 1 aromatic heterocycles. The van der Waals surface area contributed by atoms with Crippen molar-refractivity contribution in [3.05, 3.63) is 86.1 Å². The highest BCUT2D eigenvalue weighted by Gasteiger charge is 2.18. The number of esters is 1. The van der Waals surface area contributed by atoms with Crippen LogP contribution in [0.25, 0.3) is 22.3 Å². The van der Waals surface area contributed by atoms with Gasteiger partial charge < -0.3 is 14.2 Å². The Balaban J connectivity index is 1.79. The van der Waals surface area contributed by atoms with Crippen molar-refractivity contribution in [2.45, 2.75) is 40.5 Å². The lowest BCUT2D eigenvalue weighted by Crippen LogP contribution is -2.21. The minimum absolute atomic E-state index is 0.193. The van der Waals surface area contributed by atoms with Crippen LogP contribution in [0.3, 0.4) is 0 Å². The molecule has 0 saturated carbocycles. The first-order valence-electron chi connectivity index (χ1n) is 13.1. The smallest absolute Gasteiger partial charge is 0.344 e. The van der Waals surface area contributed by atoms with Gasteiger partial charge in [-0.25, -0.2) is 9.78 Å². The number of para-hydroxylation sites is 1. The van der Waals surface area contributed by atoms with Gasteiger partial charge in [0.1, 0.15) is 11.5 Å². The third-order valence-corrected chi connectivity index (χ3v) is 6.82. The lowest BCUT2D eigenvalue weighted by molar-refractivity contribution is -0.145. The first-order chi connectivity index (χ1) is 19.2. The lowest BCUT2D eigenvalue weighted by atomic mass is 9.96. The van der Waals surface area contributed by atoms with Crippen molar-refractivity contribution >= 4 is 39.0 Å². The standard InChI is InChI=1S/C31H32BrN3O5/c1-6-38-28-14-20(5)24(16-23(28)19(3)4)30-34-26-11-9-8-10-22(26)31(37)35(30)33-17-21-12-13-27(25(32)15-21)40-18-29(36)39-7-2/h8-17,19H,6-7,18H2,1-5H3. The summed E-state index contributed by atoms with van der Waals surface area (Å²) in [5, 5.41) is 5.07. The van der Waals surface area contributed by atoms with Gasteiger partial charge >= 0.3 is 5.97 Å². The second-order valence-electron chi connectivity index (χ2n) is 9.39. The monoisotopic (exact) mass is 605 g/mol. The molecule has 0 saturated heterocycles. The summed E-state index contributed by atoms with van der Waals surface area (Å²) in [6.45, 7) is 10.5. The SMILES string of the molecule is CCOC(=O)COc1ccc(C=Nn2c(-c3cc(C(C)C)c(OCC)cc3C)nc3ccccc3c2=O)cc1Br. The summed E-state index contributed by atoms with van der Waals surface area (Å²) in [5.74, 6) is 1.51. The van der Waals surface area contributed by atoms with Gasteiger partial charge in [-0.2, -0.15) is 9.78 Å². The Labute approximate surface area is 241 Å². The molecule has 0 aliphatic heterocycles. The molecule has 0 aliphatic rings. The van der Waals surface area contributed by atoms with E-state index in [0.717, 1.165) is 22.4 Å². The van der Waals surface area contributed by atoms with E-state index < -0.39 is 5.97 Å². The van der Waals surface area contributed by atoms with Crippen molar-refractivity contribution < 1.29 is 19.0 Å². The van der Waals surface area contributed by atoms with Crippen LogP contribution in [-0.4, -0.2) is 41.7 Å². The molecule has 0 aliphatic carbocycles. The maximum atomic E-state index is 13.7. The number of benzene rings is 3. The predicted octanol–water partition coefficient (Wildman–Crippen LogP) is 6.48. The molecule has 0 radical (unpaired) electrons. The fraction of sp³-hybridized carbons (Fsp3) is 0.290. The normalized spacial score (nSPS) is 11.4. The minimum atomic E-state index is -0.444. The van der Waals surface area contributed by atoms with Gasteiger partial charge in [0.15, 0.2) is 12.4 Å². The molecule has 3 aromatic carbocycles. The van der Waals surface area contributed by atoms with Crippen molar-refractivity contribution in [1.82, 2.24) is 9.66 Å². The number of ether oxygens (including phenoxy) is 3. The molecular formula is C31H32BrN3O5. The van der Waals surface area contributed by atoms with Crippen LogP contribution in [0, 0.1) is 6.92 Å². The molecule has 0 N–H and O–H groups in total. The van der Waals surface area contributed by atoms with Crippen LogP contribution in [0.4, 0.5) is 0 Å². The number of carbonyl (C=O) groups excluding carboxylic acids is 1. The molecule has 0 atom stereocenters. The zero-order valence-corrected chi connectivity index (χ0v) is 24.8. The number of aryl methyl sites for hydroxylation is 1. The van der Waals surface area contributed by atoms with Crippen molar-refractivity contribution in [3.8, 4) is 22.9 Å². The van der Waals surface area contributed by atoms with Gasteiger partial charge in [0, 0.05) is 5.56 Å². The van der Waals surface area contributed by atoms with Gasteiger partial charge in [-0.05, 0) is 102 Å². The summed E-state index contributed by atoms with van der Waals surface area (Å²) in [5.41, 5.74) is 3.79. The zero-order valence-electron chi connectivity index (χ0n) is 23.2. The molecule has 208 valence electrons. The first kappa shape index (κ1) is 29.0. The summed E-state index contributed by atoms with van der Waals surface area (Å²) in [4.78, 5) is 30.2. The third kappa shape index (κ3) is 6.42. The molecule has 1 heterocycles. The summed E-state index contributed by atoms with van der Waals surface area (Å²) >= 11 is 3.48. The van der Waals surface area contributed by atoms with Crippen LogP contribution in [0.2, 0.25) is 0 Å². The number of hydrogen-bond acceptors (Lipinski definition) is 7. The molecule has 0 fully saturated rings. The van der Waals surface area contributed by atoms with Crippen molar-refractivity contribution in [2.24, 2.45) is 5.10 Å². The number of rotatable bonds is 10. The lowest BCUT2D eigenvalue weighted by Gasteiger charge is -2.18. The highest BCUT2D eigenvalue weighted by Crippen LogP contribution is 2.34. The van der Waals surface area contributed by atoms with Gasteiger partial charge in [0.2, 0.25) is 0 Å². The van der Waals surface area contributed by atoms with Crippen LogP contribution >= 0.6 is 15.9 Å². The van der Waals surface area contributed by atoms with E-state index in [0.29, 0.717) is 45.7 Å². The molecular weight excluding hydrogens is 574 g/mol. The summed E-state index contributed by atoms with van der Waals surface area (Å²) in [7, 11) is 0. The predicted molar refractivity (Wildman–Crippen MR) is 161 cm³/mol. The fourth-order valence-corrected chi connectivity index (χ4v) is 4.77. The Kier molecular flexibility index (Phi) is 9.37. The van der Waals surface area contributed by atoms with E-state index in [1.807, 2.05) is 44.2 Å². The van der Waals surface area contributed by atoms with Crippen LogP contribution in [0.1, 0.15) is 50.3 Å². The molecule has 9 heteroatoms. The van der Waals surface area contributed by atoms with Gasteiger partial charge in [-0.15, -0.1) is 0 Å². The van der Waals surface area contributed by atoms with Crippen molar-refractivity contribution in [3.63, 3.8) is 0 Å². The third-order valence-electron chi connectivity index (χ3n) is 6.20. The largest absolute Gasteiger partial charge is 0.494 e. The Morgan fingerprint density at radius 1 is 1.05 bits per heavy atom. The van der Waals surface area contributed by atoms with E-state index in [9.17, 15) is 9.59 Å². The molecule has 0 bridgehead atoms. The van der Waals surface area contributed by atoms with E-state index in [1.54, 1.807) is 37.4 Å². The van der Waals surface area contributed by atoms with E-state index >= 15 is 0 Å². The van der Waals surface area contributed by atoms with Crippen LogP contribution in [-0.2, 0) is 9.53 Å². The van der Waals surface area contributed by atoms with Gasteiger partial charge in [0.25, 0.3) is 5.56 Å². The Hall–Kier alpha value is -3.98. The molecule has 4 rings (SSSR count). The molecule has 8 nitrogen and oxygen atoms in total. The van der Waals surface area contributed by atoms with Crippen LogP contribution in [0.5, 0.6) is 11.5 Å². The Bertz CT molecular complexity index is 1630. The highest BCUT2D eigenvalue weighted by atomic mass is 79.9. The number of halogens is 1. The topological polar surface area (TPSA) is 92.0 Å². The molecule has 0 spiro atoms. The van der Waals surface area contributed by atoms with E-state index in [1.165, 1.54) is 4.68 Å². The number of hydrogen-bond donors (Lipinski definition) is 0. The van der Waals surface area contributed by atoms with Crippen molar-refractivity contribution in [1.29, 1.82) is 0 Å². The minimum Gasteiger partial charge on any atom is -0.494 e. The average molecular weight is 607 g/mol. The molecule has 0 amide bonds. The Morgan fingerprint density at radius 3 is 2.52 bits per heavy atom. The highest BCUT2D eigenvalue weighted by molar-refractivity contribution is 9.10. The number of nitrogens with zero attached hydrogens (tertiary/aromatic N) is 3. The average Bonchev–Trinajstić information content (AvgIpc) is 2.92. The summed E-state index contributed by atoms with van der Waals surface area (Å²) < 4.78 is 18.3. The summed E-state index contributed by atoms with van der Waals surface area (Å²) in [6.07, 6.45) is 1.59. The Morgan fingerprint density at radius 2 is 1.82 bits per heavy atom. The summed E-state index contributed by atoms with van der Waals surface area (Å²) in [6, 6.07) is 16.6. The maximum Gasteiger partial charge on any atom is 0.344 e. The quantitative estimate of drug-likeness (QED) is 0.152. The van der Waals surface area contributed by atoms with Crippen LogP contribution < -0.4 is 15.0 Å². The van der Waals surface area contributed by atoms with Gasteiger partial charge in [-0.3, -0.25) is 4.79 Å². The fourth-order valence-electron chi connectivity index (χ4n) is 4.25. The van der Waals surface area contributed by atoms with Gasteiger partial charge in [0.05, 0.1) is 34.8 Å². The molecule has 40 heavy (non-hydrogen) atoms. The second kappa shape index (κ2) is 12.9. The van der Waals surface area contributed by atoms with Gasteiger partial charge in [-0.1, -0.05) is 26.0 Å². The number of aromatic nitrogens is 2. The maximum absolute atomic E-state index is 13.7. The van der Waals surface area contributed by atoms with E-state index in [-0.39, 0.29) is 18.1 Å². The molecule has 4 aromatic rings. The number of fused-ring (bicyclic) bond motifs is 1. The molecule has 0 unspecified atom stereocenters.